The molecule has 1 aromatic rings. The van der Waals surface area contributed by atoms with Gasteiger partial charge in [-0.15, -0.1) is 0 Å². The smallest absolute Gasteiger partial charge is 0.191 e. The molecule has 1 aliphatic heterocycles. The van der Waals surface area contributed by atoms with Gasteiger partial charge in [-0.05, 0) is 62.8 Å². The Labute approximate surface area is 103 Å². The van der Waals surface area contributed by atoms with Crippen molar-refractivity contribution in [2.75, 3.05) is 6.61 Å². The second-order valence-electron chi connectivity index (χ2n) is 4.97. The third kappa shape index (κ3) is 2.58. The Morgan fingerprint density at radius 3 is 2.47 bits per heavy atom. The molecule has 1 saturated heterocycles. The van der Waals surface area contributed by atoms with Gasteiger partial charge in [-0.2, -0.15) is 0 Å². The molecule has 0 saturated carbocycles. The van der Waals surface area contributed by atoms with E-state index in [0.717, 1.165) is 37.0 Å². The third-order valence-corrected chi connectivity index (χ3v) is 3.58. The zero-order valence-electron chi connectivity index (χ0n) is 10.9. The molecule has 0 N–H and O–H groups in total. The van der Waals surface area contributed by atoms with Crippen LogP contribution in [0.5, 0.6) is 0 Å². The van der Waals surface area contributed by atoms with Crippen LogP contribution in [0.4, 0.5) is 0 Å². The van der Waals surface area contributed by atoms with E-state index in [1.165, 1.54) is 11.1 Å². The normalized spacial score (nSPS) is 20.3. The van der Waals surface area contributed by atoms with Gasteiger partial charge in [0.05, 0.1) is 0 Å². The maximum Gasteiger partial charge on any atom is 0.191 e. The molecule has 0 aliphatic carbocycles. The molecule has 2 rings (SSSR count). The summed E-state index contributed by atoms with van der Waals surface area (Å²) in [4.78, 5) is 12.4. The maximum absolute atomic E-state index is 12.4. The highest BCUT2D eigenvalue weighted by Crippen LogP contribution is 2.21. The van der Waals surface area contributed by atoms with Gasteiger partial charge in [0.1, 0.15) is 6.10 Å². The van der Waals surface area contributed by atoms with Crippen LogP contribution in [0.15, 0.2) is 12.1 Å². The van der Waals surface area contributed by atoms with Gasteiger partial charge in [0, 0.05) is 12.2 Å². The number of ether oxygens (including phenoxy) is 1. The van der Waals surface area contributed by atoms with Crippen molar-refractivity contribution in [3.05, 3.63) is 34.4 Å². The van der Waals surface area contributed by atoms with E-state index in [0.29, 0.717) is 0 Å². The second kappa shape index (κ2) is 5.01. The van der Waals surface area contributed by atoms with Crippen LogP contribution in [0.1, 0.15) is 46.3 Å². The van der Waals surface area contributed by atoms with Crippen LogP contribution in [-0.2, 0) is 4.74 Å². The summed E-state index contributed by atoms with van der Waals surface area (Å²) in [7, 11) is 0. The summed E-state index contributed by atoms with van der Waals surface area (Å²) in [6, 6.07) is 4.09. The average molecular weight is 232 g/mol. The monoisotopic (exact) mass is 232 g/mol. The molecule has 0 radical (unpaired) electrons. The Bertz CT molecular complexity index is 429. The van der Waals surface area contributed by atoms with E-state index < -0.39 is 0 Å². The first kappa shape index (κ1) is 12.3. The lowest BCUT2D eigenvalue weighted by Crippen LogP contribution is -2.28. The van der Waals surface area contributed by atoms with Crippen LogP contribution in [0.2, 0.25) is 0 Å². The number of carbonyl (C=O) groups excluding carboxylic acids is 1. The minimum absolute atomic E-state index is 0.158. The Hall–Kier alpha value is -1.15. The van der Waals surface area contributed by atoms with Gasteiger partial charge in [0.15, 0.2) is 5.78 Å². The van der Waals surface area contributed by atoms with Crippen LogP contribution in [0.3, 0.4) is 0 Å². The van der Waals surface area contributed by atoms with Crippen molar-refractivity contribution < 1.29 is 9.53 Å². The van der Waals surface area contributed by atoms with E-state index >= 15 is 0 Å². The first-order valence-corrected chi connectivity index (χ1v) is 6.33. The van der Waals surface area contributed by atoms with Crippen molar-refractivity contribution in [1.29, 1.82) is 0 Å². The number of hydrogen-bond donors (Lipinski definition) is 0. The van der Waals surface area contributed by atoms with E-state index in [1.807, 2.05) is 19.9 Å². The second-order valence-corrected chi connectivity index (χ2v) is 4.97. The van der Waals surface area contributed by atoms with Crippen LogP contribution < -0.4 is 0 Å². The summed E-state index contributed by atoms with van der Waals surface area (Å²) in [6.07, 6.45) is 2.82. The molecular formula is C15H20O2. The lowest BCUT2D eigenvalue weighted by Gasteiger charge is -2.22. The number of Topliss-reactive ketones (excluding diaryl/α,β-unsaturated/α-hetero) is 1. The first-order valence-electron chi connectivity index (χ1n) is 6.33. The lowest BCUT2D eigenvalue weighted by atomic mass is 9.93. The van der Waals surface area contributed by atoms with E-state index in [4.69, 9.17) is 4.74 Å². The molecule has 1 atom stereocenters. The van der Waals surface area contributed by atoms with Crippen molar-refractivity contribution >= 4 is 5.78 Å². The van der Waals surface area contributed by atoms with E-state index in [-0.39, 0.29) is 11.9 Å². The Balaban J connectivity index is 2.26. The molecule has 2 nitrogen and oxygen atoms in total. The third-order valence-electron chi connectivity index (χ3n) is 3.58. The molecular weight excluding hydrogens is 212 g/mol. The average Bonchev–Trinajstić information content (AvgIpc) is 2.34. The standard InChI is InChI=1S/C15H20O2/c1-10-8-12(3)13(9-11(10)2)15(16)14-6-4-5-7-17-14/h8-9,14H,4-7H2,1-3H3. The minimum atomic E-state index is -0.218. The van der Waals surface area contributed by atoms with Crippen LogP contribution in [-0.4, -0.2) is 18.5 Å². The van der Waals surface area contributed by atoms with Crippen molar-refractivity contribution in [2.24, 2.45) is 0 Å². The Morgan fingerprint density at radius 1 is 1.12 bits per heavy atom. The largest absolute Gasteiger partial charge is 0.370 e. The number of aryl methyl sites for hydroxylation is 3. The fraction of sp³-hybridized carbons (Fsp3) is 0.533. The zero-order valence-corrected chi connectivity index (χ0v) is 10.9. The van der Waals surface area contributed by atoms with E-state index in [9.17, 15) is 4.79 Å². The number of ketones is 1. The van der Waals surface area contributed by atoms with E-state index in [1.54, 1.807) is 0 Å². The summed E-state index contributed by atoms with van der Waals surface area (Å²) in [5, 5.41) is 0. The molecule has 1 fully saturated rings. The van der Waals surface area contributed by atoms with Crippen LogP contribution in [0, 0.1) is 20.8 Å². The molecule has 0 aromatic heterocycles. The van der Waals surface area contributed by atoms with Crippen molar-refractivity contribution in [1.82, 2.24) is 0 Å². The summed E-state index contributed by atoms with van der Waals surface area (Å²) in [6.45, 7) is 6.85. The van der Waals surface area contributed by atoms with Gasteiger partial charge in [-0.25, -0.2) is 0 Å². The molecule has 1 unspecified atom stereocenters. The number of carbonyl (C=O) groups is 1. The molecule has 17 heavy (non-hydrogen) atoms. The van der Waals surface area contributed by atoms with Gasteiger partial charge >= 0.3 is 0 Å². The first-order chi connectivity index (χ1) is 8.09. The van der Waals surface area contributed by atoms with Crippen molar-refractivity contribution in [2.45, 2.75) is 46.1 Å². The Morgan fingerprint density at radius 2 is 1.82 bits per heavy atom. The van der Waals surface area contributed by atoms with Gasteiger partial charge in [-0.1, -0.05) is 6.07 Å². The summed E-state index contributed by atoms with van der Waals surface area (Å²) in [5.41, 5.74) is 4.31. The van der Waals surface area contributed by atoms with Gasteiger partial charge in [-0.3, -0.25) is 4.79 Å². The highest BCUT2D eigenvalue weighted by molar-refractivity contribution is 6.01. The SMILES string of the molecule is Cc1cc(C)c(C(=O)C2CCCCO2)cc1C. The quantitative estimate of drug-likeness (QED) is 0.731. The molecule has 0 bridgehead atoms. The fourth-order valence-electron chi connectivity index (χ4n) is 2.35. The van der Waals surface area contributed by atoms with Gasteiger partial charge in [0.25, 0.3) is 0 Å². The number of rotatable bonds is 2. The Kier molecular flexibility index (Phi) is 3.63. The predicted octanol–water partition coefficient (Wildman–Crippen LogP) is 3.36. The van der Waals surface area contributed by atoms with Crippen molar-refractivity contribution in [3.63, 3.8) is 0 Å². The predicted molar refractivity (Wildman–Crippen MR) is 68.6 cm³/mol. The molecule has 1 aliphatic rings. The topological polar surface area (TPSA) is 26.3 Å². The fourth-order valence-corrected chi connectivity index (χ4v) is 2.35. The summed E-state index contributed by atoms with van der Waals surface area (Å²) >= 11 is 0. The highest BCUT2D eigenvalue weighted by atomic mass is 16.5. The van der Waals surface area contributed by atoms with Gasteiger partial charge < -0.3 is 4.74 Å². The zero-order chi connectivity index (χ0) is 12.4. The summed E-state index contributed by atoms with van der Waals surface area (Å²) in [5.74, 6) is 0.158. The maximum atomic E-state index is 12.4. The summed E-state index contributed by atoms with van der Waals surface area (Å²) < 4.78 is 5.57. The minimum Gasteiger partial charge on any atom is -0.370 e. The van der Waals surface area contributed by atoms with Crippen LogP contribution >= 0.6 is 0 Å². The molecule has 1 aromatic carbocycles. The highest BCUT2D eigenvalue weighted by Gasteiger charge is 2.24. The lowest BCUT2D eigenvalue weighted by molar-refractivity contribution is 0.0186. The van der Waals surface area contributed by atoms with Gasteiger partial charge in [0.2, 0.25) is 0 Å². The molecule has 1 heterocycles. The molecule has 92 valence electrons. The molecule has 0 spiro atoms. The van der Waals surface area contributed by atoms with Crippen LogP contribution in [0.25, 0.3) is 0 Å². The molecule has 2 heteroatoms. The van der Waals surface area contributed by atoms with Crippen molar-refractivity contribution in [3.8, 4) is 0 Å². The number of benzene rings is 1. The number of hydrogen-bond acceptors (Lipinski definition) is 2. The molecule has 0 amide bonds. The van der Waals surface area contributed by atoms with E-state index in [2.05, 4.69) is 13.0 Å².